The Morgan fingerprint density at radius 2 is 1.63 bits per heavy atom. The molecule has 0 bridgehead atoms. The third kappa shape index (κ3) is 3.48. The summed E-state index contributed by atoms with van der Waals surface area (Å²) in [5.74, 6) is 0.0520. The first-order valence-corrected chi connectivity index (χ1v) is 10.2. The number of likely N-dealkylation sites (N-methyl/N-ethyl adjacent to an activating group) is 1. The van der Waals surface area contributed by atoms with E-state index in [-0.39, 0.29) is 11.8 Å². The Hall–Kier alpha value is -3.12. The van der Waals surface area contributed by atoms with Crippen LogP contribution in [0.2, 0.25) is 0 Å². The summed E-state index contributed by atoms with van der Waals surface area (Å²) in [4.78, 5) is 32.8. The molecule has 2 heterocycles. The minimum atomic E-state index is -0.283. The smallest absolute Gasteiger partial charge is 0.282 e. The number of rotatable bonds is 4. The van der Waals surface area contributed by atoms with Gasteiger partial charge in [0.2, 0.25) is 0 Å². The van der Waals surface area contributed by atoms with Crippen LogP contribution in [0.25, 0.3) is 5.57 Å². The van der Waals surface area contributed by atoms with Gasteiger partial charge in [-0.2, -0.15) is 0 Å². The fourth-order valence-electron chi connectivity index (χ4n) is 4.16. The number of anilines is 1. The van der Waals surface area contributed by atoms with Gasteiger partial charge in [0.15, 0.2) is 0 Å². The number of ether oxygens (including phenoxy) is 1. The molecule has 2 aromatic carbocycles. The standard InChI is InChI=1S/C24H27N3O3/c1-16-8-9-20(17(2)14-16)21-22(26-12-10-25(3)11-13-26)24(29)27(23(21)28)18-6-5-7-19(15-18)30-4/h5-9,14-15H,10-13H2,1-4H3. The van der Waals surface area contributed by atoms with Gasteiger partial charge in [-0.3, -0.25) is 9.59 Å². The van der Waals surface area contributed by atoms with Gasteiger partial charge in [-0.1, -0.05) is 29.8 Å². The zero-order chi connectivity index (χ0) is 21.4. The molecule has 0 atom stereocenters. The number of nitrogens with zero attached hydrogens (tertiary/aromatic N) is 3. The molecule has 2 aliphatic rings. The Balaban J connectivity index is 1.84. The zero-order valence-corrected chi connectivity index (χ0v) is 17.9. The minimum absolute atomic E-state index is 0.271. The van der Waals surface area contributed by atoms with Crippen molar-refractivity contribution in [2.45, 2.75) is 13.8 Å². The lowest BCUT2D eigenvalue weighted by Crippen LogP contribution is -2.46. The van der Waals surface area contributed by atoms with Gasteiger partial charge in [0.25, 0.3) is 11.8 Å². The van der Waals surface area contributed by atoms with E-state index in [0.29, 0.717) is 35.8 Å². The quantitative estimate of drug-likeness (QED) is 0.733. The molecule has 0 aromatic heterocycles. The lowest BCUT2D eigenvalue weighted by atomic mass is 9.97. The maximum absolute atomic E-state index is 13.6. The first kappa shape index (κ1) is 20.2. The van der Waals surface area contributed by atoms with Crippen molar-refractivity contribution in [2.24, 2.45) is 0 Å². The summed E-state index contributed by atoms with van der Waals surface area (Å²) in [6.07, 6.45) is 0. The molecule has 6 heteroatoms. The van der Waals surface area contributed by atoms with E-state index in [9.17, 15) is 9.59 Å². The van der Waals surface area contributed by atoms with E-state index in [1.165, 1.54) is 4.90 Å². The van der Waals surface area contributed by atoms with E-state index in [0.717, 1.165) is 29.8 Å². The highest BCUT2D eigenvalue weighted by Crippen LogP contribution is 2.37. The molecule has 1 fully saturated rings. The molecule has 2 aliphatic heterocycles. The van der Waals surface area contributed by atoms with Crippen LogP contribution < -0.4 is 9.64 Å². The second-order valence-electron chi connectivity index (χ2n) is 7.98. The first-order valence-electron chi connectivity index (χ1n) is 10.2. The fraction of sp³-hybridized carbons (Fsp3) is 0.333. The number of carbonyl (C=O) groups excluding carboxylic acids is 2. The lowest BCUT2D eigenvalue weighted by Gasteiger charge is -2.34. The van der Waals surface area contributed by atoms with Crippen molar-refractivity contribution in [3.05, 3.63) is 64.9 Å². The average Bonchev–Trinajstić information content (AvgIpc) is 2.99. The normalized spacial score (nSPS) is 17.9. The molecule has 2 aromatic rings. The molecule has 1 saturated heterocycles. The van der Waals surface area contributed by atoms with Gasteiger partial charge in [0.1, 0.15) is 11.4 Å². The van der Waals surface area contributed by atoms with Crippen LogP contribution in [0.1, 0.15) is 16.7 Å². The predicted molar refractivity (Wildman–Crippen MR) is 117 cm³/mol. The second kappa shape index (κ2) is 7.95. The molecule has 0 spiro atoms. The second-order valence-corrected chi connectivity index (χ2v) is 7.98. The van der Waals surface area contributed by atoms with Crippen LogP contribution in [0, 0.1) is 13.8 Å². The van der Waals surface area contributed by atoms with Crippen molar-refractivity contribution in [2.75, 3.05) is 45.2 Å². The van der Waals surface area contributed by atoms with Crippen LogP contribution in [0.5, 0.6) is 5.75 Å². The Labute approximate surface area is 177 Å². The van der Waals surface area contributed by atoms with E-state index in [1.807, 2.05) is 26.0 Å². The molecule has 30 heavy (non-hydrogen) atoms. The summed E-state index contributed by atoms with van der Waals surface area (Å²) < 4.78 is 5.30. The number of benzene rings is 2. The summed E-state index contributed by atoms with van der Waals surface area (Å²) in [6.45, 7) is 7.14. The van der Waals surface area contributed by atoms with Gasteiger partial charge in [0, 0.05) is 32.2 Å². The maximum atomic E-state index is 13.6. The molecule has 0 N–H and O–H groups in total. The number of hydrogen-bond acceptors (Lipinski definition) is 5. The average molecular weight is 405 g/mol. The van der Waals surface area contributed by atoms with Gasteiger partial charge in [-0.15, -0.1) is 0 Å². The van der Waals surface area contributed by atoms with E-state index < -0.39 is 0 Å². The number of methoxy groups -OCH3 is 1. The lowest BCUT2D eigenvalue weighted by molar-refractivity contribution is -0.120. The molecule has 6 nitrogen and oxygen atoms in total. The van der Waals surface area contributed by atoms with Crippen LogP contribution in [-0.4, -0.2) is 62.0 Å². The Kier molecular flexibility index (Phi) is 5.35. The van der Waals surface area contributed by atoms with Crippen molar-refractivity contribution in [3.63, 3.8) is 0 Å². The van der Waals surface area contributed by atoms with Crippen molar-refractivity contribution in [3.8, 4) is 5.75 Å². The Morgan fingerprint density at radius 3 is 2.30 bits per heavy atom. The molecule has 0 radical (unpaired) electrons. The molecule has 0 saturated carbocycles. The van der Waals surface area contributed by atoms with Gasteiger partial charge in [-0.05, 0) is 44.2 Å². The summed E-state index contributed by atoms with van der Waals surface area (Å²) in [6, 6.07) is 13.1. The van der Waals surface area contributed by atoms with Crippen LogP contribution in [0.3, 0.4) is 0 Å². The number of aryl methyl sites for hydroxylation is 2. The van der Waals surface area contributed by atoms with E-state index in [2.05, 4.69) is 22.9 Å². The summed E-state index contributed by atoms with van der Waals surface area (Å²) in [5.41, 5.74) is 4.45. The largest absolute Gasteiger partial charge is 0.497 e. The highest BCUT2D eigenvalue weighted by molar-refractivity contribution is 6.45. The highest BCUT2D eigenvalue weighted by atomic mass is 16.5. The number of hydrogen-bond donors (Lipinski definition) is 0. The monoisotopic (exact) mass is 405 g/mol. The van der Waals surface area contributed by atoms with E-state index in [4.69, 9.17) is 4.74 Å². The molecule has 2 amide bonds. The van der Waals surface area contributed by atoms with Gasteiger partial charge in [0.05, 0.1) is 18.4 Å². The SMILES string of the molecule is COc1cccc(N2C(=O)C(c3ccc(C)cc3C)=C(N3CCN(C)CC3)C2=O)c1. The van der Waals surface area contributed by atoms with Crippen LogP contribution in [0.15, 0.2) is 48.2 Å². The zero-order valence-electron chi connectivity index (χ0n) is 17.9. The third-order valence-corrected chi connectivity index (χ3v) is 5.84. The van der Waals surface area contributed by atoms with Crippen molar-refractivity contribution >= 4 is 23.1 Å². The topological polar surface area (TPSA) is 53.1 Å². The van der Waals surface area contributed by atoms with Crippen LogP contribution in [-0.2, 0) is 9.59 Å². The highest BCUT2D eigenvalue weighted by Gasteiger charge is 2.43. The maximum Gasteiger partial charge on any atom is 0.282 e. The van der Waals surface area contributed by atoms with Gasteiger partial charge < -0.3 is 14.5 Å². The van der Waals surface area contributed by atoms with E-state index in [1.54, 1.807) is 31.4 Å². The van der Waals surface area contributed by atoms with Crippen molar-refractivity contribution < 1.29 is 14.3 Å². The van der Waals surface area contributed by atoms with Gasteiger partial charge >= 0.3 is 0 Å². The summed E-state index contributed by atoms with van der Waals surface area (Å²) in [5, 5.41) is 0. The fourth-order valence-corrected chi connectivity index (χ4v) is 4.16. The molecule has 4 rings (SSSR count). The molecular formula is C24H27N3O3. The van der Waals surface area contributed by atoms with Crippen molar-refractivity contribution in [1.29, 1.82) is 0 Å². The number of carbonyl (C=O) groups is 2. The number of piperazine rings is 1. The third-order valence-electron chi connectivity index (χ3n) is 5.84. The Morgan fingerprint density at radius 1 is 0.900 bits per heavy atom. The van der Waals surface area contributed by atoms with E-state index >= 15 is 0 Å². The minimum Gasteiger partial charge on any atom is -0.497 e. The Bertz CT molecular complexity index is 1040. The van der Waals surface area contributed by atoms with Gasteiger partial charge in [-0.25, -0.2) is 4.90 Å². The number of imide groups is 1. The molecule has 0 aliphatic carbocycles. The first-order chi connectivity index (χ1) is 14.4. The molecular weight excluding hydrogens is 378 g/mol. The molecule has 156 valence electrons. The van der Waals surface area contributed by atoms with Crippen LogP contribution >= 0.6 is 0 Å². The van der Waals surface area contributed by atoms with Crippen LogP contribution in [0.4, 0.5) is 5.69 Å². The van der Waals surface area contributed by atoms with Crippen molar-refractivity contribution in [1.82, 2.24) is 9.80 Å². The molecule has 0 unspecified atom stereocenters. The summed E-state index contributed by atoms with van der Waals surface area (Å²) >= 11 is 0. The number of amides is 2. The summed E-state index contributed by atoms with van der Waals surface area (Å²) in [7, 11) is 3.64. The predicted octanol–water partition coefficient (Wildman–Crippen LogP) is 2.84.